The van der Waals surface area contributed by atoms with Gasteiger partial charge in [0.1, 0.15) is 0 Å². The predicted octanol–water partition coefficient (Wildman–Crippen LogP) is 4.92. The van der Waals surface area contributed by atoms with E-state index in [0.717, 1.165) is 0 Å². The van der Waals surface area contributed by atoms with Gasteiger partial charge in [0.25, 0.3) is 0 Å². The van der Waals surface area contributed by atoms with Crippen molar-refractivity contribution in [1.29, 1.82) is 0 Å². The fraction of sp³-hybridized carbons (Fsp3) is 0.333. The normalized spacial score (nSPS) is 5.15. The van der Waals surface area contributed by atoms with Gasteiger partial charge in [0.15, 0.2) is 0 Å². The standard InChI is InChI=1S/C7H8.C2H6.3BrH.H3N/c1-7-5-3-2-4-6-7;1-2;;;;/h2-6H,1H3;1-2H3;3*1H;1H3. The van der Waals surface area contributed by atoms with Crippen molar-refractivity contribution in [1.82, 2.24) is 6.15 Å². The molecule has 0 amide bonds. The van der Waals surface area contributed by atoms with Crippen molar-refractivity contribution in [3.05, 3.63) is 35.9 Å². The highest BCUT2D eigenvalue weighted by Crippen LogP contribution is 1.92. The minimum absolute atomic E-state index is 0. The van der Waals surface area contributed by atoms with Crippen LogP contribution in [-0.2, 0) is 0 Å². The topological polar surface area (TPSA) is 35.0 Å². The van der Waals surface area contributed by atoms with Gasteiger partial charge in [-0.25, -0.2) is 0 Å². The first-order chi connectivity index (χ1) is 4.39. The fourth-order valence-corrected chi connectivity index (χ4v) is 0.534. The second kappa shape index (κ2) is 22.9. The maximum absolute atomic E-state index is 2.08. The molecular formula is C9H20Br3N. The molecule has 1 aromatic carbocycles. The smallest absolute Gasteiger partial charge is 0.0398 e. The van der Waals surface area contributed by atoms with Crippen molar-refractivity contribution in [2.75, 3.05) is 0 Å². The second-order valence-corrected chi connectivity index (χ2v) is 1.65. The molecule has 0 saturated carbocycles. The summed E-state index contributed by atoms with van der Waals surface area (Å²) in [6.45, 7) is 6.08. The quantitative estimate of drug-likeness (QED) is 0.680. The third-order valence-electron chi connectivity index (χ3n) is 0.940. The van der Waals surface area contributed by atoms with Crippen LogP contribution in [0.15, 0.2) is 30.3 Å². The monoisotopic (exact) mass is 379 g/mol. The van der Waals surface area contributed by atoms with Crippen LogP contribution in [0.5, 0.6) is 0 Å². The lowest BCUT2D eigenvalue weighted by Crippen LogP contribution is -1.62. The highest BCUT2D eigenvalue weighted by Gasteiger charge is 1.72. The molecule has 1 aromatic rings. The van der Waals surface area contributed by atoms with Crippen LogP contribution in [0, 0.1) is 6.92 Å². The van der Waals surface area contributed by atoms with Crippen LogP contribution in [0.25, 0.3) is 0 Å². The zero-order chi connectivity index (χ0) is 7.11. The van der Waals surface area contributed by atoms with Gasteiger partial charge in [0, 0.05) is 0 Å². The molecule has 0 heterocycles. The molecule has 0 aliphatic rings. The van der Waals surface area contributed by atoms with Crippen molar-refractivity contribution in [3.63, 3.8) is 0 Å². The van der Waals surface area contributed by atoms with Gasteiger partial charge in [-0.3, -0.25) is 0 Å². The molecule has 3 N–H and O–H groups in total. The molecule has 0 fully saturated rings. The molecule has 0 aliphatic heterocycles. The van der Waals surface area contributed by atoms with Gasteiger partial charge >= 0.3 is 0 Å². The summed E-state index contributed by atoms with van der Waals surface area (Å²) in [6.07, 6.45) is 0. The van der Waals surface area contributed by atoms with Crippen LogP contribution in [-0.4, -0.2) is 0 Å². The zero-order valence-electron chi connectivity index (χ0n) is 8.32. The molecule has 0 unspecified atom stereocenters. The molecular weight excluding hydrogens is 362 g/mol. The summed E-state index contributed by atoms with van der Waals surface area (Å²) in [5.74, 6) is 0. The van der Waals surface area contributed by atoms with E-state index in [9.17, 15) is 0 Å². The SMILES string of the molecule is Br.Br.Br.CC.Cc1ccccc1.N. The summed E-state index contributed by atoms with van der Waals surface area (Å²) in [5, 5.41) is 0. The van der Waals surface area contributed by atoms with Gasteiger partial charge in [-0.05, 0) is 6.92 Å². The lowest BCUT2D eigenvalue weighted by atomic mass is 10.2. The van der Waals surface area contributed by atoms with Gasteiger partial charge in [-0.1, -0.05) is 49.7 Å². The highest BCUT2D eigenvalue weighted by atomic mass is 79.9. The van der Waals surface area contributed by atoms with Crippen LogP contribution in [0.4, 0.5) is 0 Å². The Balaban J connectivity index is -0.0000000335. The number of aryl methyl sites for hydroxylation is 1. The summed E-state index contributed by atoms with van der Waals surface area (Å²) < 4.78 is 0. The van der Waals surface area contributed by atoms with Crippen LogP contribution in [0.1, 0.15) is 19.4 Å². The first-order valence-electron chi connectivity index (χ1n) is 3.41. The summed E-state index contributed by atoms with van der Waals surface area (Å²) in [4.78, 5) is 0. The van der Waals surface area contributed by atoms with E-state index < -0.39 is 0 Å². The first kappa shape index (κ1) is 29.2. The first-order valence-corrected chi connectivity index (χ1v) is 3.41. The van der Waals surface area contributed by atoms with Gasteiger partial charge in [0.05, 0.1) is 0 Å². The Morgan fingerprint density at radius 1 is 0.769 bits per heavy atom. The Kier molecular flexibility index (Phi) is 51.5. The molecule has 4 heteroatoms. The maximum Gasteiger partial charge on any atom is -0.0398 e. The van der Waals surface area contributed by atoms with E-state index in [2.05, 4.69) is 19.1 Å². The molecule has 0 bridgehead atoms. The van der Waals surface area contributed by atoms with E-state index in [1.165, 1.54) is 5.56 Å². The number of benzene rings is 1. The summed E-state index contributed by atoms with van der Waals surface area (Å²) >= 11 is 0. The Hall–Kier alpha value is 0.620. The van der Waals surface area contributed by atoms with E-state index in [4.69, 9.17) is 0 Å². The van der Waals surface area contributed by atoms with Crippen LogP contribution in [0.3, 0.4) is 0 Å². The van der Waals surface area contributed by atoms with Crippen LogP contribution < -0.4 is 6.15 Å². The largest absolute Gasteiger partial charge is 0.344 e. The molecule has 1 nitrogen and oxygen atoms in total. The highest BCUT2D eigenvalue weighted by molar-refractivity contribution is 8.93. The van der Waals surface area contributed by atoms with Crippen LogP contribution >= 0.6 is 50.9 Å². The molecule has 0 spiro atoms. The summed E-state index contributed by atoms with van der Waals surface area (Å²) in [6, 6.07) is 10.3. The number of rotatable bonds is 0. The van der Waals surface area contributed by atoms with Crippen molar-refractivity contribution < 1.29 is 0 Å². The van der Waals surface area contributed by atoms with Gasteiger partial charge < -0.3 is 6.15 Å². The minimum Gasteiger partial charge on any atom is -0.344 e. The molecule has 0 aliphatic carbocycles. The number of hydrogen-bond donors (Lipinski definition) is 1. The van der Waals surface area contributed by atoms with E-state index in [1.807, 2.05) is 32.0 Å². The molecule has 0 radical (unpaired) electrons. The second-order valence-electron chi connectivity index (χ2n) is 1.65. The zero-order valence-corrected chi connectivity index (χ0v) is 13.5. The molecule has 13 heavy (non-hydrogen) atoms. The number of halogens is 3. The molecule has 82 valence electrons. The lowest BCUT2D eigenvalue weighted by Gasteiger charge is -1.82. The van der Waals surface area contributed by atoms with Gasteiger partial charge in [0.2, 0.25) is 0 Å². The maximum atomic E-state index is 2.08. The third-order valence-corrected chi connectivity index (χ3v) is 0.940. The Morgan fingerprint density at radius 3 is 1.23 bits per heavy atom. The minimum atomic E-state index is 0. The van der Waals surface area contributed by atoms with Crippen molar-refractivity contribution >= 4 is 50.9 Å². The lowest BCUT2D eigenvalue weighted by molar-refractivity contribution is 1.48. The van der Waals surface area contributed by atoms with Crippen LogP contribution in [0.2, 0.25) is 0 Å². The van der Waals surface area contributed by atoms with Crippen molar-refractivity contribution in [2.24, 2.45) is 0 Å². The summed E-state index contributed by atoms with van der Waals surface area (Å²) in [5.41, 5.74) is 1.32. The summed E-state index contributed by atoms with van der Waals surface area (Å²) in [7, 11) is 0. The average Bonchev–Trinajstić information content (AvgIpc) is 1.94. The molecule has 1 rings (SSSR count). The van der Waals surface area contributed by atoms with E-state index in [0.29, 0.717) is 0 Å². The van der Waals surface area contributed by atoms with Crippen molar-refractivity contribution in [3.8, 4) is 0 Å². The van der Waals surface area contributed by atoms with Gasteiger partial charge in [-0.2, -0.15) is 0 Å². The van der Waals surface area contributed by atoms with E-state index >= 15 is 0 Å². The Bertz CT molecular complexity index is 145. The predicted molar refractivity (Wildman–Crippen MR) is 78.5 cm³/mol. The molecule has 0 atom stereocenters. The third kappa shape index (κ3) is 19.2. The Labute approximate surface area is 113 Å². The van der Waals surface area contributed by atoms with Gasteiger partial charge in [-0.15, -0.1) is 50.9 Å². The molecule has 0 saturated heterocycles. The van der Waals surface area contributed by atoms with E-state index in [1.54, 1.807) is 0 Å². The number of hydrogen-bond acceptors (Lipinski definition) is 1. The fourth-order valence-electron chi connectivity index (χ4n) is 0.534. The molecule has 0 aromatic heterocycles. The van der Waals surface area contributed by atoms with E-state index in [-0.39, 0.29) is 57.1 Å². The average molecular weight is 382 g/mol. The van der Waals surface area contributed by atoms with Crippen molar-refractivity contribution in [2.45, 2.75) is 20.8 Å². The Morgan fingerprint density at radius 2 is 1.08 bits per heavy atom.